The zero-order valence-corrected chi connectivity index (χ0v) is 5.76. The summed E-state index contributed by atoms with van der Waals surface area (Å²) in [5, 5.41) is 8.30. The molecule has 0 aliphatic carbocycles. The highest BCUT2D eigenvalue weighted by Crippen LogP contribution is 2.09. The molecule has 1 heteroatoms. The lowest BCUT2D eigenvalue weighted by molar-refractivity contribution is 0.445. The number of rotatable bonds is 2. The van der Waals surface area contributed by atoms with Crippen molar-refractivity contribution in [3.63, 3.8) is 0 Å². The van der Waals surface area contributed by atoms with Crippen molar-refractivity contribution >= 4 is 0 Å². The van der Waals surface area contributed by atoms with Crippen LogP contribution in [0.2, 0.25) is 0 Å². The van der Waals surface area contributed by atoms with E-state index in [1.165, 1.54) is 0 Å². The van der Waals surface area contributed by atoms with Crippen LogP contribution in [0.25, 0.3) is 0 Å². The SMILES string of the molecule is CC(C)C(C)/C=C/O. The van der Waals surface area contributed by atoms with Gasteiger partial charge in [-0.3, -0.25) is 0 Å². The van der Waals surface area contributed by atoms with E-state index in [0.717, 1.165) is 6.26 Å². The van der Waals surface area contributed by atoms with Crippen LogP contribution in [-0.4, -0.2) is 5.11 Å². The van der Waals surface area contributed by atoms with Crippen LogP contribution in [0, 0.1) is 11.8 Å². The van der Waals surface area contributed by atoms with Crippen molar-refractivity contribution in [2.75, 3.05) is 0 Å². The van der Waals surface area contributed by atoms with Crippen molar-refractivity contribution in [1.29, 1.82) is 0 Å². The molecular formula is C7H14O. The van der Waals surface area contributed by atoms with Gasteiger partial charge < -0.3 is 5.11 Å². The Labute approximate surface area is 51.0 Å². The summed E-state index contributed by atoms with van der Waals surface area (Å²) in [5.41, 5.74) is 0. The fraction of sp³-hybridized carbons (Fsp3) is 0.714. The Kier molecular flexibility index (Phi) is 3.33. The molecule has 0 rings (SSSR count). The predicted octanol–water partition coefficient (Wildman–Crippen LogP) is 2.35. The van der Waals surface area contributed by atoms with E-state index in [1.807, 2.05) is 0 Å². The monoisotopic (exact) mass is 114 g/mol. The molecule has 0 aromatic heterocycles. The molecular weight excluding hydrogens is 100 g/mol. The normalized spacial score (nSPS) is 15.5. The summed E-state index contributed by atoms with van der Waals surface area (Å²) in [5.74, 6) is 1.11. The second kappa shape index (κ2) is 3.53. The Balaban J connectivity index is 3.47. The lowest BCUT2D eigenvalue weighted by Gasteiger charge is -2.07. The molecule has 0 radical (unpaired) electrons. The summed E-state index contributed by atoms with van der Waals surface area (Å²) in [6, 6.07) is 0. The van der Waals surface area contributed by atoms with Crippen LogP contribution >= 0.6 is 0 Å². The molecule has 0 amide bonds. The van der Waals surface area contributed by atoms with Crippen LogP contribution in [0.4, 0.5) is 0 Å². The molecule has 0 bridgehead atoms. The largest absolute Gasteiger partial charge is 0.516 e. The molecule has 48 valence electrons. The molecule has 0 aromatic carbocycles. The summed E-state index contributed by atoms with van der Waals surface area (Å²) in [4.78, 5) is 0. The van der Waals surface area contributed by atoms with Gasteiger partial charge in [0.2, 0.25) is 0 Å². The van der Waals surface area contributed by atoms with Gasteiger partial charge >= 0.3 is 0 Å². The second-order valence-electron chi connectivity index (χ2n) is 2.44. The number of aliphatic hydroxyl groups is 1. The molecule has 0 aliphatic heterocycles. The maximum atomic E-state index is 8.30. The van der Waals surface area contributed by atoms with Gasteiger partial charge in [-0.05, 0) is 17.9 Å². The zero-order chi connectivity index (χ0) is 6.57. The third-order valence-electron chi connectivity index (χ3n) is 1.44. The fourth-order valence-electron chi connectivity index (χ4n) is 0.358. The van der Waals surface area contributed by atoms with Crippen molar-refractivity contribution in [2.24, 2.45) is 11.8 Å². The molecule has 0 fully saturated rings. The third kappa shape index (κ3) is 2.67. The molecule has 0 saturated heterocycles. The average molecular weight is 114 g/mol. The summed E-state index contributed by atoms with van der Waals surface area (Å²) in [6.07, 6.45) is 2.91. The van der Waals surface area contributed by atoms with Gasteiger partial charge in [0.15, 0.2) is 0 Å². The highest BCUT2D eigenvalue weighted by molar-refractivity contribution is 4.80. The summed E-state index contributed by atoms with van der Waals surface area (Å²) in [7, 11) is 0. The van der Waals surface area contributed by atoms with Crippen LogP contribution in [0.1, 0.15) is 20.8 Å². The van der Waals surface area contributed by atoms with E-state index in [2.05, 4.69) is 20.8 Å². The molecule has 8 heavy (non-hydrogen) atoms. The van der Waals surface area contributed by atoms with Crippen molar-refractivity contribution < 1.29 is 5.11 Å². The van der Waals surface area contributed by atoms with Crippen molar-refractivity contribution in [1.82, 2.24) is 0 Å². The Bertz CT molecular complexity index is 74.5. The maximum Gasteiger partial charge on any atom is 0.0754 e. The van der Waals surface area contributed by atoms with Crippen molar-refractivity contribution in [3.05, 3.63) is 12.3 Å². The van der Waals surface area contributed by atoms with Crippen LogP contribution in [0.5, 0.6) is 0 Å². The third-order valence-corrected chi connectivity index (χ3v) is 1.44. The van der Waals surface area contributed by atoms with E-state index in [1.54, 1.807) is 6.08 Å². The smallest absolute Gasteiger partial charge is 0.0754 e. The molecule has 0 aliphatic rings. The van der Waals surface area contributed by atoms with E-state index in [4.69, 9.17) is 5.11 Å². The van der Waals surface area contributed by atoms with Gasteiger partial charge in [-0.15, -0.1) is 0 Å². The van der Waals surface area contributed by atoms with Crippen LogP contribution < -0.4 is 0 Å². The van der Waals surface area contributed by atoms with Gasteiger partial charge in [-0.2, -0.15) is 0 Å². The molecule has 0 spiro atoms. The number of allylic oxidation sites excluding steroid dienone is 1. The average Bonchev–Trinajstić information content (AvgIpc) is 1.67. The maximum absolute atomic E-state index is 8.30. The summed E-state index contributed by atoms with van der Waals surface area (Å²) in [6.45, 7) is 6.34. The Hall–Kier alpha value is -0.460. The topological polar surface area (TPSA) is 20.2 Å². The highest BCUT2D eigenvalue weighted by Gasteiger charge is 2.00. The first kappa shape index (κ1) is 7.54. The van der Waals surface area contributed by atoms with E-state index in [-0.39, 0.29) is 0 Å². The second-order valence-corrected chi connectivity index (χ2v) is 2.44. The van der Waals surface area contributed by atoms with Crippen molar-refractivity contribution in [2.45, 2.75) is 20.8 Å². The Morgan fingerprint density at radius 3 is 1.88 bits per heavy atom. The summed E-state index contributed by atoms with van der Waals surface area (Å²) >= 11 is 0. The molecule has 0 heterocycles. The minimum atomic E-state index is 0.486. The molecule has 0 saturated carbocycles. The van der Waals surface area contributed by atoms with E-state index in [0.29, 0.717) is 11.8 Å². The summed E-state index contributed by atoms with van der Waals surface area (Å²) < 4.78 is 0. The number of aliphatic hydroxyl groups excluding tert-OH is 1. The molecule has 0 aromatic rings. The molecule has 1 unspecified atom stereocenters. The van der Waals surface area contributed by atoms with E-state index >= 15 is 0 Å². The standard InChI is InChI=1S/C7H14O/c1-6(2)7(3)4-5-8/h4-8H,1-3H3/b5-4+. The minimum absolute atomic E-state index is 0.486. The lowest BCUT2D eigenvalue weighted by atomic mass is 9.99. The lowest BCUT2D eigenvalue weighted by Crippen LogP contribution is -1.98. The Morgan fingerprint density at radius 1 is 1.25 bits per heavy atom. The Morgan fingerprint density at radius 2 is 1.75 bits per heavy atom. The van der Waals surface area contributed by atoms with E-state index in [9.17, 15) is 0 Å². The number of hydrogen-bond donors (Lipinski definition) is 1. The molecule has 1 atom stereocenters. The van der Waals surface area contributed by atoms with Gasteiger partial charge in [-0.25, -0.2) is 0 Å². The molecule has 1 N–H and O–H groups in total. The van der Waals surface area contributed by atoms with Crippen molar-refractivity contribution in [3.8, 4) is 0 Å². The predicted molar refractivity (Wildman–Crippen MR) is 35.8 cm³/mol. The first-order chi connectivity index (χ1) is 3.68. The van der Waals surface area contributed by atoms with E-state index < -0.39 is 0 Å². The molecule has 1 nitrogen and oxygen atoms in total. The number of hydrogen-bond acceptors (Lipinski definition) is 1. The van der Waals surface area contributed by atoms with Gasteiger partial charge in [0, 0.05) is 0 Å². The van der Waals surface area contributed by atoms with Crippen LogP contribution in [0.3, 0.4) is 0 Å². The van der Waals surface area contributed by atoms with Gasteiger partial charge in [0.1, 0.15) is 0 Å². The first-order valence-corrected chi connectivity index (χ1v) is 2.99. The van der Waals surface area contributed by atoms with Crippen LogP contribution in [-0.2, 0) is 0 Å². The fourth-order valence-corrected chi connectivity index (χ4v) is 0.358. The van der Waals surface area contributed by atoms with Crippen LogP contribution in [0.15, 0.2) is 12.3 Å². The van der Waals surface area contributed by atoms with Gasteiger partial charge in [-0.1, -0.05) is 20.8 Å². The quantitative estimate of drug-likeness (QED) is 0.546. The zero-order valence-electron chi connectivity index (χ0n) is 5.76. The van der Waals surface area contributed by atoms with Gasteiger partial charge in [0.25, 0.3) is 0 Å². The highest BCUT2D eigenvalue weighted by atomic mass is 16.2. The van der Waals surface area contributed by atoms with Gasteiger partial charge in [0.05, 0.1) is 6.26 Å². The minimum Gasteiger partial charge on any atom is -0.516 e. The first-order valence-electron chi connectivity index (χ1n) is 2.99.